The van der Waals surface area contributed by atoms with Gasteiger partial charge in [-0.3, -0.25) is 4.90 Å². The van der Waals surface area contributed by atoms with Crippen molar-refractivity contribution in [2.45, 2.75) is 19.1 Å². The van der Waals surface area contributed by atoms with E-state index in [1.165, 1.54) is 0 Å². The zero-order valence-corrected chi connectivity index (χ0v) is 19.9. The van der Waals surface area contributed by atoms with E-state index in [0.29, 0.717) is 29.3 Å². The summed E-state index contributed by atoms with van der Waals surface area (Å²) in [6, 6.07) is 19.8. The molecular weight excluding hydrogens is 510 g/mol. The Morgan fingerprint density at radius 1 is 1.06 bits per heavy atom. The Morgan fingerprint density at radius 2 is 1.82 bits per heavy atom. The number of carbonyl (C=O) groups excluding carboxylic acids is 1. The SMILES string of the molecule is O=C(O)COc1ccc(Cl)cc1C1c2ccccc2CCN1C(=O)OCc1ccccc1Br. The van der Waals surface area contributed by atoms with Crippen molar-refractivity contribution >= 4 is 39.6 Å². The van der Waals surface area contributed by atoms with Crippen LogP contribution in [0.25, 0.3) is 0 Å². The molecule has 0 saturated carbocycles. The summed E-state index contributed by atoms with van der Waals surface area (Å²) in [5.41, 5.74) is 3.48. The fourth-order valence-electron chi connectivity index (χ4n) is 3.94. The molecule has 1 aliphatic rings. The lowest BCUT2D eigenvalue weighted by atomic mass is 9.88. The van der Waals surface area contributed by atoms with E-state index in [-0.39, 0.29) is 6.61 Å². The van der Waals surface area contributed by atoms with Crippen molar-refractivity contribution in [2.75, 3.05) is 13.2 Å². The number of hydrogen-bond acceptors (Lipinski definition) is 4. The third-order valence-corrected chi connectivity index (χ3v) is 6.45. The van der Waals surface area contributed by atoms with Crippen LogP contribution in [0.3, 0.4) is 0 Å². The highest BCUT2D eigenvalue weighted by molar-refractivity contribution is 9.10. The Labute approximate surface area is 204 Å². The molecule has 33 heavy (non-hydrogen) atoms. The molecule has 0 fully saturated rings. The van der Waals surface area contributed by atoms with Gasteiger partial charge in [0, 0.05) is 27.2 Å². The molecule has 1 N–H and O–H groups in total. The fraction of sp³-hybridized carbons (Fsp3) is 0.200. The predicted molar refractivity (Wildman–Crippen MR) is 128 cm³/mol. The second-order valence-electron chi connectivity index (χ2n) is 7.56. The van der Waals surface area contributed by atoms with E-state index in [4.69, 9.17) is 26.2 Å². The van der Waals surface area contributed by atoms with Crippen LogP contribution >= 0.6 is 27.5 Å². The van der Waals surface area contributed by atoms with E-state index in [9.17, 15) is 9.59 Å². The van der Waals surface area contributed by atoms with Gasteiger partial charge in [-0.15, -0.1) is 0 Å². The van der Waals surface area contributed by atoms with Crippen molar-refractivity contribution in [1.29, 1.82) is 0 Å². The van der Waals surface area contributed by atoms with Crippen LogP contribution in [-0.2, 0) is 22.6 Å². The highest BCUT2D eigenvalue weighted by Gasteiger charge is 2.35. The molecule has 0 radical (unpaired) electrons. The van der Waals surface area contributed by atoms with Crippen LogP contribution in [0.2, 0.25) is 5.02 Å². The van der Waals surface area contributed by atoms with Gasteiger partial charge in [0.05, 0.1) is 6.04 Å². The van der Waals surface area contributed by atoms with E-state index >= 15 is 0 Å². The third kappa shape index (κ3) is 5.31. The monoisotopic (exact) mass is 529 g/mol. The summed E-state index contributed by atoms with van der Waals surface area (Å²) in [7, 11) is 0. The van der Waals surface area contributed by atoms with E-state index in [0.717, 1.165) is 21.2 Å². The van der Waals surface area contributed by atoms with Crippen LogP contribution in [0, 0.1) is 0 Å². The van der Waals surface area contributed by atoms with Gasteiger partial charge in [0.15, 0.2) is 6.61 Å². The predicted octanol–water partition coefficient (Wildman–Crippen LogP) is 5.85. The largest absolute Gasteiger partial charge is 0.482 e. The maximum atomic E-state index is 13.3. The van der Waals surface area contributed by atoms with Gasteiger partial charge >= 0.3 is 12.1 Å². The number of rotatable bonds is 6. The molecule has 1 atom stereocenters. The number of nitrogens with zero attached hydrogens (tertiary/aromatic N) is 1. The number of benzene rings is 3. The van der Waals surface area contributed by atoms with Crippen LogP contribution < -0.4 is 4.74 Å². The number of ether oxygens (including phenoxy) is 2. The van der Waals surface area contributed by atoms with Gasteiger partial charge in [0.1, 0.15) is 12.4 Å². The summed E-state index contributed by atoms with van der Waals surface area (Å²) in [6.07, 6.45) is 0.192. The smallest absolute Gasteiger partial charge is 0.410 e. The lowest BCUT2D eigenvalue weighted by Crippen LogP contribution is -2.41. The molecule has 0 saturated heterocycles. The van der Waals surface area contributed by atoms with Gasteiger partial charge in [0.2, 0.25) is 0 Å². The molecule has 0 aliphatic carbocycles. The van der Waals surface area contributed by atoms with E-state index in [2.05, 4.69) is 15.9 Å². The number of aliphatic carboxylic acids is 1. The summed E-state index contributed by atoms with van der Waals surface area (Å²) in [4.78, 5) is 26.0. The molecule has 0 aromatic heterocycles. The number of amides is 1. The Bertz CT molecular complexity index is 1180. The molecule has 8 heteroatoms. The van der Waals surface area contributed by atoms with Crippen molar-refractivity contribution in [1.82, 2.24) is 4.90 Å². The van der Waals surface area contributed by atoms with Crippen LogP contribution in [0.4, 0.5) is 4.79 Å². The summed E-state index contributed by atoms with van der Waals surface area (Å²) in [6.45, 7) is 0.0415. The van der Waals surface area contributed by atoms with Crippen LogP contribution in [0.15, 0.2) is 71.2 Å². The summed E-state index contributed by atoms with van der Waals surface area (Å²) >= 11 is 9.77. The number of fused-ring (bicyclic) bond motifs is 1. The second kappa shape index (κ2) is 10.3. The first kappa shape index (κ1) is 23.1. The highest BCUT2D eigenvalue weighted by atomic mass is 79.9. The molecule has 6 nitrogen and oxygen atoms in total. The first-order valence-electron chi connectivity index (χ1n) is 10.3. The number of carbonyl (C=O) groups is 2. The molecule has 1 heterocycles. The van der Waals surface area contributed by atoms with Crippen LogP contribution in [0.1, 0.15) is 28.3 Å². The van der Waals surface area contributed by atoms with E-state index in [1.807, 2.05) is 48.5 Å². The summed E-state index contributed by atoms with van der Waals surface area (Å²) in [5.74, 6) is -0.739. The maximum Gasteiger partial charge on any atom is 0.410 e. The molecule has 1 unspecified atom stereocenters. The van der Waals surface area contributed by atoms with Gasteiger partial charge < -0.3 is 14.6 Å². The Kier molecular flexibility index (Phi) is 7.20. The van der Waals surface area contributed by atoms with Crippen LogP contribution in [0.5, 0.6) is 5.75 Å². The number of carboxylic acid groups (broad SMARTS) is 1. The molecule has 1 amide bonds. The van der Waals surface area contributed by atoms with Crippen molar-refractivity contribution in [3.8, 4) is 5.75 Å². The van der Waals surface area contributed by atoms with E-state index < -0.39 is 24.7 Å². The molecule has 3 aromatic rings. The van der Waals surface area contributed by atoms with Gasteiger partial charge in [-0.05, 0) is 41.8 Å². The minimum Gasteiger partial charge on any atom is -0.482 e. The first-order chi connectivity index (χ1) is 15.9. The van der Waals surface area contributed by atoms with Gasteiger partial charge in [0.25, 0.3) is 0 Å². The number of halogens is 2. The van der Waals surface area contributed by atoms with Crippen molar-refractivity contribution in [3.63, 3.8) is 0 Å². The molecule has 1 aliphatic heterocycles. The standard InChI is InChI=1S/C25H21BrClNO5/c26-21-8-4-2-6-17(21)14-33-25(31)28-12-11-16-5-1-3-7-19(16)24(28)20-13-18(27)9-10-22(20)32-15-23(29)30/h1-10,13,24H,11-12,14-15H2,(H,29,30). The van der Waals surface area contributed by atoms with Crippen LogP contribution in [-0.4, -0.2) is 35.2 Å². The van der Waals surface area contributed by atoms with Gasteiger partial charge in [-0.2, -0.15) is 0 Å². The minimum absolute atomic E-state index is 0.114. The third-order valence-electron chi connectivity index (χ3n) is 5.44. The zero-order chi connectivity index (χ0) is 23.4. The van der Waals surface area contributed by atoms with Gasteiger partial charge in [-0.1, -0.05) is 70.0 Å². The average molecular weight is 531 g/mol. The number of carboxylic acids is 1. The summed E-state index contributed by atoms with van der Waals surface area (Å²) in [5, 5.41) is 9.55. The molecule has 170 valence electrons. The molecule has 4 rings (SSSR count). The molecule has 0 spiro atoms. The average Bonchev–Trinajstić information content (AvgIpc) is 2.81. The molecule has 3 aromatic carbocycles. The number of hydrogen-bond donors (Lipinski definition) is 1. The first-order valence-corrected chi connectivity index (χ1v) is 11.5. The van der Waals surface area contributed by atoms with Crippen molar-refractivity contribution in [3.05, 3.63) is 98.5 Å². The Hall–Kier alpha value is -3.03. The highest BCUT2D eigenvalue weighted by Crippen LogP contribution is 2.41. The zero-order valence-electron chi connectivity index (χ0n) is 17.5. The minimum atomic E-state index is -1.09. The maximum absolute atomic E-state index is 13.3. The Balaban J connectivity index is 1.69. The van der Waals surface area contributed by atoms with Crippen molar-refractivity contribution in [2.24, 2.45) is 0 Å². The molecular formula is C25H21BrClNO5. The lowest BCUT2D eigenvalue weighted by Gasteiger charge is -2.37. The quantitative estimate of drug-likeness (QED) is 0.433. The van der Waals surface area contributed by atoms with E-state index in [1.54, 1.807) is 23.1 Å². The Morgan fingerprint density at radius 3 is 2.61 bits per heavy atom. The lowest BCUT2D eigenvalue weighted by molar-refractivity contribution is -0.139. The second-order valence-corrected chi connectivity index (χ2v) is 8.85. The fourth-order valence-corrected chi connectivity index (χ4v) is 4.52. The van der Waals surface area contributed by atoms with Gasteiger partial charge in [-0.25, -0.2) is 9.59 Å². The normalized spacial score (nSPS) is 15.0. The molecule has 0 bridgehead atoms. The summed E-state index contributed by atoms with van der Waals surface area (Å²) < 4.78 is 12.1. The topological polar surface area (TPSA) is 76.1 Å². The van der Waals surface area contributed by atoms with Crippen molar-refractivity contribution < 1.29 is 24.2 Å².